The van der Waals surface area contributed by atoms with Crippen LogP contribution in [0.5, 0.6) is 0 Å². The van der Waals surface area contributed by atoms with Crippen molar-refractivity contribution in [1.29, 1.82) is 0 Å². The Hall–Kier alpha value is -1.39. The van der Waals surface area contributed by atoms with Crippen LogP contribution in [0.3, 0.4) is 0 Å². The van der Waals surface area contributed by atoms with E-state index in [1.807, 2.05) is 0 Å². The summed E-state index contributed by atoms with van der Waals surface area (Å²) in [5, 5.41) is 20.3. The van der Waals surface area contributed by atoms with E-state index in [0.29, 0.717) is 24.2 Å². The molecule has 6 atom stereocenters. The molecular weight excluding hydrogens is 328 g/mol. The zero-order valence-electron chi connectivity index (χ0n) is 16.0. The number of carbonyl (C=O) groups is 1. The molecule has 0 amide bonds. The van der Waals surface area contributed by atoms with Crippen LogP contribution >= 0.6 is 0 Å². The number of allylic oxidation sites excluding steroid dienone is 5. The van der Waals surface area contributed by atoms with Gasteiger partial charge in [0, 0.05) is 24.4 Å². The van der Waals surface area contributed by atoms with Gasteiger partial charge in [-0.25, -0.2) is 0 Å². The minimum Gasteiger partial charge on any atom is -0.481 e. The fourth-order valence-corrected chi connectivity index (χ4v) is 6.68. The van der Waals surface area contributed by atoms with E-state index in [-0.39, 0.29) is 17.3 Å². The molecule has 0 radical (unpaired) electrons. The van der Waals surface area contributed by atoms with E-state index >= 15 is 0 Å². The first kappa shape index (κ1) is 18.0. The second-order valence-corrected chi connectivity index (χ2v) is 9.11. The van der Waals surface area contributed by atoms with Crippen LogP contribution in [0.4, 0.5) is 0 Å². The number of hydrogen-bond donors (Lipinski definition) is 2. The second-order valence-electron chi connectivity index (χ2n) is 9.11. The second kappa shape index (κ2) is 5.80. The molecule has 0 spiro atoms. The van der Waals surface area contributed by atoms with Gasteiger partial charge in [0.15, 0.2) is 5.79 Å². The number of fused-ring (bicyclic) bond motifs is 5. The van der Waals surface area contributed by atoms with Gasteiger partial charge in [-0.05, 0) is 49.0 Å². The Morgan fingerprint density at radius 3 is 2.69 bits per heavy atom. The van der Waals surface area contributed by atoms with Gasteiger partial charge in [0.05, 0.1) is 6.42 Å². The zero-order chi connectivity index (χ0) is 18.7. The highest BCUT2D eigenvalue weighted by Gasteiger charge is 2.63. The highest BCUT2D eigenvalue weighted by Crippen LogP contribution is 2.66. The molecule has 26 heavy (non-hydrogen) atoms. The smallest absolute Gasteiger partial charge is 0.307 e. The van der Waals surface area contributed by atoms with Crippen LogP contribution in [0.15, 0.2) is 35.5 Å². The molecule has 0 aliphatic heterocycles. The maximum atomic E-state index is 11.3. The van der Waals surface area contributed by atoms with Crippen LogP contribution in [0.2, 0.25) is 0 Å². The summed E-state index contributed by atoms with van der Waals surface area (Å²) < 4.78 is 5.59. The quantitative estimate of drug-likeness (QED) is 0.589. The molecule has 4 nitrogen and oxygen atoms in total. The van der Waals surface area contributed by atoms with Crippen LogP contribution in [0.1, 0.15) is 52.4 Å². The number of ether oxygens (including phenoxy) is 1. The summed E-state index contributed by atoms with van der Waals surface area (Å²) in [6.07, 6.45) is 13.5. The van der Waals surface area contributed by atoms with Crippen LogP contribution in [0.25, 0.3) is 0 Å². The first-order valence-corrected chi connectivity index (χ1v) is 9.83. The molecule has 2 N–H and O–H groups in total. The monoisotopic (exact) mass is 358 g/mol. The van der Waals surface area contributed by atoms with E-state index in [4.69, 9.17) is 4.74 Å². The van der Waals surface area contributed by atoms with Gasteiger partial charge in [0.25, 0.3) is 0 Å². The standard InChI is InChI=1S/C22H30O4/c1-20-10-4-5-14(13-19(23)24)16(20)7-6-15-17(20)8-11-21(2)18(15)9-12-22(21,25)26-3/h4,6-7,10,15,17-18,25H,5,8-9,11-13H2,1-3H3,(H,23,24)/t15-,17+,18+,20+,21+,22-/m1/s1. The number of hydrogen-bond acceptors (Lipinski definition) is 3. The minimum absolute atomic E-state index is 0.0996. The third kappa shape index (κ3) is 2.24. The van der Waals surface area contributed by atoms with Gasteiger partial charge in [0.2, 0.25) is 0 Å². The van der Waals surface area contributed by atoms with Crippen molar-refractivity contribution in [2.75, 3.05) is 7.11 Å². The van der Waals surface area contributed by atoms with Crippen LogP contribution in [0, 0.1) is 28.6 Å². The maximum absolute atomic E-state index is 11.3. The Bertz CT molecular complexity index is 720. The Morgan fingerprint density at radius 1 is 1.27 bits per heavy atom. The Morgan fingerprint density at radius 2 is 2.00 bits per heavy atom. The van der Waals surface area contributed by atoms with Crippen molar-refractivity contribution in [2.24, 2.45) is 28.6 Å². The Balaban J connectivity index is 1.75. The van der Waals surface area contributed by atoms with Gasteiger partial charge in [0.1, 0.15) is 0 Å². The topological polar surface area (TPSA) is 66.8 Å². The van der Waals surface area contributed by atoms with Crippen molar-refractivity contribution in [3.05, 3.63) is 35.5 Å². The van der Waals surface area contributed by atoms with Crippen molar-refractivity contribution in [2.45, 2.75) is 58.2 Å². The summed E-state index contributed by atoms with van der Waals surface area (Å²) in [6, 6.07) is 0. The Labute approximate surface area is 155 Å². The molecule has 4 rings (SSSR count). The molecule has 4 heteroatoms. The molecule has 4 aliphatic carbocycles. The van der Waals surface area contributed by atoms with Gasteiger partial charge >= 0.3 is 5.97 Å². The van der Waals surface area contributed by atoms with Crippen molar-refractivity contribution in [3.8, 4) is 0 Å². The van der Waals surface area contributed by atoms with Crippen molar-refractivity contribution in [3.63, 3.8) is 0 Å². The molecule has 0 aromatic carbocycles. The third-order valence-electron chi connectivity index (χ3n) is 8.16. The molecule has 0 unspecified atom stereocenters. The predicted molar refractivity (Wildman–Crippen MR) is 99.3 cm³/mol. The van der Waals surface area contributed by atoms with Gasteiger partial charge in [-0.2, -0.15) is 0 Å². The molecule has 142 valence electrons. The average Bonchev–Trinajstić information content (AvgIpc) is 2.86. The lowest BCUT2D eigenvalue weighted by Crippen LogP contribution is -2.54. The predicted octanol–water partition coefficient (Wildman–Crippen LogP) is 4.07. The van der Waals surface area contributed by atoms with E-state index in [1.165, 1.54) is 5.57 Å². The number of aliphatic carboxylic acids is 1. The largest absolute Gasteiger partial charge is 0.481 e. The van der Waals surface area contributed by atoms with E-state index in [2.05, 4.69) is 38.2 Å². The lowest BCUT2D eigenvalue weighted by atomic mass is 9.49. The molecule has 0 aromatic rings. The van der Waals surface area contributed by atoms with Gasteiger partial charge in [-0.15, -0.1) is 0 Å². The summed E-state index contributed by atoms with van der Waals surface area (Å²) >= 11 is 0. The first-order chi connectivity index (χ1) is 12.2. The van der Waals surface area contributed by atoms with Crippen LogP contribution in [-0.2, 0) is 9.53 Å². The van der Waals surface area contributed by atoms with Gasteiger partial charge in [-0.3, -0.25) is 4.79 Å². The van der Waals surface area contributed by atoms with Gasteiger partial charge < -0.3 is 14.9 Å². The average molecular weight is 358 g/mol. The maximum Gasteiger partial charge on any atom is 0.307 e. The molecule has 0 bridgehead atoms. The number of carboxylic acid groups (broad SMARTS) is 1. The fourth-order valence-electron chi connectivity index (χ4n) is 6.68. The van der Waals surface area contributed by atoms with Crippen molar-refractivity contribution < 1.29 is 19.7 Å². The summed E-state index contributed by atoms with van der Waals surface area (Å²) in [5.41, 5.74) is 1.95. The normalized spacial score (nSPS) is 46.7. The molecule has 0 heterocycles. The fraction of sp³-hybridized carbons (Fsp3) is 0.682. The molecular formula is C22H30O4. The summed E-state index contributed by atoms with van der Waals surface area (Å²) in [7, 11) is 1.63. The van der Waals surface area contributed by atoms with E-state index in [0.717, 1.165) is 31.3 Å². The number of carboxylic acids is 1. The highest BCUT2D eigenvalue weighted by atomic mass is 16.6. The van der Waals surface area contributed by atoms with Crippen molar-refractivity contribution in [1.82, 2.24) is 0 Å². The SMILES string of the molecule is CO[C@]1(O)CC[C@H]2[C@@H]3C=CC4=C(CC(=O)O)CC=C[C@]4(C)[C@H]3CC[C@@]21C. The van der Waals surface area contributed by atoms with Crippen LogP contribution < -0.4 is 0 Å². The number of aliphatic hydroxyl groups is 1. The number of methoxy groups -OCH3 is 1. The molecule has 0 aromatic heterocycles. The molecule has 2 saturated carbocycles. The summed E-state index contributed by atoms with van der Waals surface area (Å²) in [4.78, 5) is 11.3. The van der Waals surface area contributed by atoms with E-state index in [9.17, 15) is 15.0 Å². The lowest BCUT2D eigenvalue weighted by molar-refractivity contribution is -0.260. The Kier molecular flexibility index (Phi) is 4.02. The summed E-state index contributed by atoms with van der Waals surface area (Å²) in [6.45, 7) is 4.47. The molecule has 0 saturated heterocycles. The molecule has 2 fully saturated rings. The van der Waals surface area contributed by atoms with Gasteiger partial charge in [-0.1, -0.05) is 43.7 Å². The third-order valence-corrected chi connectivity index (χ3v) is 8.16. The minimum atomic E-state index is -1.02. The summed E-state index contributed by atoms with van der Waals surface area (Å²) in [5.74, 6) is -0.512. The number of rotatable bonds is 3. The zero-order valence-corrected chi connectivity index (χ0v) is 16.0. The van der Waals surface area contributed by atoms with E-state index in [1.54, 1.807) is 7.11 Å². The van der Waals surface area contributed by atoms with E-state index < -0.39 is 11.8 Å². The lowest BCUT2D eigenvalue weighted by Gasteiger charge is -2.56. The first-order valence-electron chi connectivity index (χ1n) is 9.83. The highest BCUT2D eigenvalue weighted by molar-refractivity contribution is 5.71. The van der Waals surface area contributed by atoms with Crippen LogP contribution in [-0.4, -0.2) is 29.1 Å². The van der Waals surface area contributed by atoms with Crippen molar-refractivity contribution >= 4 is 5.97 Å². The molecule has 4 aliphatic rings.